The number of amides is 2. The van der Waals surface area contributed by atoms with E-state index < -0.39 is 11.8 Å². The number of fused-ring (bicyclic) bond motifs is 1. The molecular formula is C26H27ClN4O4. The lowest BCUT2D eigenvalue weighted by Gasteiger charge is -2.26. The summed E-state index contributed by atoms with van der Waals surface area (Å²) >= 11 is 6.45. The van der Waals surface area contributed by atoms with Gasteiger partial charge < -0.3 is 20.1 Å². The zero-order valence-corrected chi connectivity index (χ0v) is 20.2. The van der Waals surface area contributed by atoms with Crippen molar-refractivity contribution < 1.29 is 19.1 Å². The Morgan fingerprint density at radius 3 is 2.66 bits per heavy atom. The molecule has 0 bridgehead atoms. The van der Waals surface area contributed by atoms with Gasteiger partial charge in [0.05, 0.1) is 25.8 Å². The van der Waals surface area contributed by atoms with E-state index >= 15 is 0 Å². The van der Waals surface area contributed by atoms with E-state index in [-0.39, 0.29) is 10.9 Å². The minimum Gasteiger partial charge on any atom is -0.497 e. The maximum atomic E-state index is 13.1. The number of ether oxygens (including phenoxy) is 2. The number of pyridine rings is 1. The van der Waals surface area contributed by atoms with Crippen molar-refractivity contribution in [3.05, 3.63) is 76.6 Å². The summed E-state index contributed by atoms with van der Waals surface area (Å²) in [5, 5.41) is 6.66. The van der Waals surface area contributed by atoms with Gasteiger partial charge in [0.15, 0.2) is 0 Å². The zero-order valence-electron chi connectivity index (χ0n) is 19.4. The van der Waals surface area contributed by atoms with Crippen LogP contribution in [0.25, 0.3) is 17.0 Å². The molecule has 35 heavy (non-hydrogen) atoms. The Morgan fingerprint density at radius 2 is 1.91 bits per heavy atom. The van der Waals surface area contributed by atoms with Gasteiger partial charge in [-0.25, -0.2) is 4.98 Å². The monoisotopic (exact) mass is 494 g/mol. The second kappa shape index (κ2) is 11.8. The normalized spacial score (nSPS) is 14.5. The first kappa shape index (κ1) is 24.7. The number of nitrogens with one attached hydrogen (secondary N) is 2. The number of carbonyl (C=O) groups excluding carboxylic acids is 2. The number of methoxy groups -OCH3 is 1. The highest BCUT2D eigenvalue weighted by Gasteiger charge is 2.17. The Kier molecular flexibility index (Phi) is 8.31. The van der Waals surface area contributed by atoms with Crippen molar-refractivity contribution in [3.63, 3.8) is 0 Å². The van der Waals surface area contributed by atoms with E-state index in [9.17, 15) is 9.59 Å². The van der Waals surface area contributed by atoms with Crippen LogP contribution < -0.4 is 15.4 Å². The van der Waals surface area contributed by atoms with Gasteiger partial charge in [-0.1, -0.05) is 29.8 Å². The third kappa shape index (κ3) is 6.57. The second-order valence-electron chi connectivity index (χ2n) is 8.02. The first-order valence-corrected chi connectivity index (χ1v) is 11.7. The van der Waals surface area contributed by atoms with E-state index in [1.807, 2.05) is 24.3 Å². The van der Waals surface area contributed by atoms with Crippen molar-refractivity contribution in [1.29, 1.82) is 0 Å². The van der Waals surface area contributed by atoms with Gasteiger partial charge in [0.25, 0.3) is 11.8 Å². The lowest BCUT2D eigenvalue weighted by molar-refractivity contribution is -0.117. The SMILES string of the molecule is COc1ccc2cc(/C=C(\NC(=O)c3ccccc3)C(=O)NCCN3CCOCC3)c(Cl)nc2c1. The number of rotatable bonds is 8. The van der Waals surface area contributed by atoms with Crippen molar-refractivity contribution in [2.45, 2.75) is 0 Å². The molecule has 2 amide bonds. The summed E-state index contributed by atoms with van der Waals surface area (Å²) in [4.78, 5) is 32.6. The molecule has 0 atom stereocenters. The molecule has 1 aliphatic heterocycles. The van der Waals surface area contributed by atoms with Crippen LogP contribution in [0.15, 0.2) is 60.3 Å². The number of nitrogens with zero attached hydrogens (tertiary/aromatic N) is 2. The average molecular weight is 495 g/mol. The maximum Gasteiger partial charge on any atom is 0.267 e. The van der Waals surface area contributed by atoms with Crippen LogP contribution in [0.1, 0.15) is 15.9 Å². The molecule has 3 aromatic rings. The topological polar surface area (TPSA) is 92.8 Å². The molecular weight excluding hydrogens is 468 g/mol. The van der Waals surface area contributed by atoms with Crippen molar-refractivity contribution in [2.24, 2.45) is 0 Å². The lowest BCUT2D eigenvalue weighted by atomic mass is 10.1. The summed E-state index contributed by atoms with van der Waals surface area (Å²) in [5.41, 5.74) is 1.69. The molecule has 0 spiro atoms. The van der Waals surface area contributed by atoms with Gasteiger partial charge in [0, 0.05) is 48.8 Å². The molecule has 8 nitrogen and oxygen atoms in total. The van der Waals surface area contributed by atoms with Crippen molar-refractivity contribution >= 4 is 40.4 Å². The molecule has 2 N–H and O–H groups in total. The third-order valence-electron chi connectivity index (χ3n) is 5.65. The van der Waals surface area contributed by atoms with Crippen molar-refractivity contribution in [1.82, 2.24) is 20.5 Å². The van der Waals surface area contributed by atoms with Gasteiger partial charge >= 0.3 is 0 Å². The van der Waals surface area contributed by atoms with Crippen LogP contribution in [-0.4, -0.2) is 68.2 Å². The van der Waals surface area contributed by atoms with Crippen molar-refractivity contribution in [3.8, 4) is 5.75 Å². The molecule has 182 valence electrons. The molecule has 2 aromatic carbocycles. The summed E-state index contributed by atoms with van der Waals surface area (Å²) in [6, 6.07) is 16.0. The first-order chi connectivity index (χ1) is 17.0. The fourth-order valence-corrected chi connectivity index (χ4v) is 3.91. The predicted molar refractivity (Wildman–Crippen MR) is 135 cm³/mol. The highest BCUT2D eigenvalue weighted by molar-refractivity contribution is 6.31. The second-order valence-corrected chi connectivity index (χ2v) is 8.37. The van der Waals surface area contributed by atoms with Crippen LogP contribution in [0, 0.1) is 0 Å². The fraction of sp³-hybridized carbons (Fsp3) is 0.269. The quantitative estimate of drug-likeness (QED) is 0.369. The molecule has 0 saturated carbocycles. The summed E-state index contributed by atoms with van der Waals surface area (Å²) in [6.45, 7) is 4.14. The summed E-state index contributed by atoms with van der Waals surface area (Å²) in [6.07, 6.45) is 1.55. The fourth-order valence-electron chi connectivity index (χ4n) is 3.71. The molecule has 9 heteroatoms. The number of aromatic nitrogens is 1. The van der Waals surface area contributed by atoms with E-state index in [1.54, 1.807) is 43.5 Å². The molecule has 1 aromatic heterocycles. The average Bonchev–Trinajstić information content (AvgIpc) is 2.89. The van der Waals surface area contributed by atoms with E-state index in [0.29, 0.717) is 48.7 Å². The van der Waals surface area contributed by atoms with E-state index in [4.69, 9.17) is 21.1 Å². The zero-order chi connectivity index (χ0) is 24.6. The molecule has 2 heterocycles. The van der Waals surface area contributed by atoms with E-state index in [0.717, 1.165) is 18.5 Å². The summed E-state index contributed by atoms with van der Waals surface area (Å²) in [5.74, 6) is -0.136. The predicted octanol–water partition coefficient (Wildman–Crippen LogP) is 3.12. The van der Waals surface area contributed by atoms with Gasteiger partial charge in [0.2, 0.25) is 0 Å². The summed E-state index contributed by atoms with van der Waals surface area (Å²) < 4.78 is 10.6. The van der Waals surface area contributed by atoms with Gasteiger partial charge in [-0.15, -0.1) is 0 Å². The number of hydrogen-bond acceptors (Lipinski definition) is 6. The lowest BCUT2D eigenvalue weighted by Crippen LogP contribution is -2.42. The minimum absolute atomic E-state index is 0.0809. The van der Waals surface area contributed by atoms with Crippen LogP contribution in [-0.2, 0) is 9.53 Å². The largest absolute Gasteiger partial charge is 0.497 e. The Morgan fingerprint density at radius 1 is 1.14 bits per heavy atom. The molecule has 1 aliphatic rings. The standard InChI is InChI=1S/C26H27ClN4O4/c1-34-21-8-7-19-15-20(24(27)29-22(19)17-21)16-23(30-25(32)18-5-3-2-4-6-18)26(33)28-9-10-31-11-13-35-14-12-31/h2-8,15-17H,9-14H2,1H3,(H,28,33)(H,30,32)/b23-16-. The van der Waals surface area contributed by atoms with Crippen LogP contribution in [0.5, 0.6) is 5.75 Å². The number of benzene rings is 2. The Balaban J connectivity index is 1.57. The molecule has 0 unspecified atom stereocenters. The Bertz CT molecular complexity index is 1230. The molecule has 4 rings (SSSR count). The third-order valence-corrected chi connectivity index (χ3v) is 5.95. The molecule has 0 radical (unpaired) electrons. The molecule has 1 fully saturated rings. The van der Waals surface area contributed by atoms with Gasteiger partial charge in [-0.2, -0.15) is 0 Å². The maximum absolute atomic E-state index is 13.1. The van der Waals surface area contributed by atoms with Crippen LogP contribution in [0.3, 0.4) is 0 Å². The van der Waals surface area contributed by atoms with Gasteiger partial charge in [-0.3, -0.25) is 14.5 Å². The molecule has 0 aliphatic carbocycles. The number of carbonyl (C=O) groups is 2. The minimum atomic E-state index is -0.409. The first-order valence-electron chi connectivity index (χ1n) is 11.3. The molecule has 1 saturated heterocycles. The smallest absolute Gasteiger partial charge is 0.267 e. The van der Waals surface area contributed by atoms with Crippen LogP contribution >= 0.6 is 11.6 Å². The van der Waals surface area contributed by atoms with Crippen molar-refractivity contribution in [2.75, 3.05) is 46.5 Å². The highest BCUT2D eigenvalue weighted by Crippen LogP contribution is 2.25. The van der Waals surface area contributed by atoms with Crippen LogP contribution in [0.2, 0.25) is 5.15 Å². The number of halogens is 1. The summed E-state index contributed by atoms with van der Waals surface area (Å²) in [7, 11) is 1.58. The highest BCUT2D eigenvalue weighted by atomic mass is 35.5. The van der Waals surface area contributed by atoms with Gasteiger partial charge in [-0.05, 0) is 36.4 Å². The Labute approximate surface area is 208 Å². The number of morpholine rings is 1. The van der Waals surface area contributed by atoms with Crippen LogP contribution in [0.4, 0.5) is 0 Å². The van der Waals surface area contributed by atoms with E-state index in [2.05, 4.69) is 20.5 Å². The Hall–Kier alpha value is -3.46. The van der Waals surface area contributed by atoms with E-state index in [1.165, 1.54) is 0 Å². The number of hydrogen-bond donors (Lipinski definition) is 2. The van der Waals surface area contributed by atoms with Gasteiger partial charge in [0.1, 0.15) is 16.6 Å².